The molecule has 0 unspecified atom stereocenters. The van der Waals surface area contributed by atoms with Crippen LogP contribution in [0.3, 0.4) is 0 Å². The zero-order chi connectivity index (χ0) is 14.1. The zero-order valence-corrected chi connectivity index (χ0v) is 12.2. The molecule has 0 heterocycles. The molecule has 3 nitrogen and oxygen atoms in total. The number of rotatable bonds is 6. The summed E-state index contributed by atoms with van der Waals surface area (Å²) in [6.45, 7) is 7.70. The Labute approximate surface area is 116 Å². The van der Waals surface area contributed by atoms with Gasteiger partial charge in [-0.1, -0.05) is 57.5 Å². The van der Waals surface area contributed by atoms with E-state index in [2.05, 4.69) is 26.1 Å². The van der Waals surface area contributed by atoms with Crippen molar-refractivity contribution in [1.82, 2.24) is 5.32 Å². The van der Waals surface area contributed by atoms with E-state index in [1.807, 2.05) is 30.3 Å². The molecule has 0 aliphatic rings. The smallest absolute Gasteiger partial charge is 0.407 e. The molecule has 0 bridgehead atoms. The predicted octanol–water partition coefficient (Wildman–Crippen LogP) is 4.13. The minimum absolute atomic E-state index is 0.328. The van der Waals surface area contributed by atoms with Crippen LogP contribution in [0.4, 0.5) is 4.79 Å². The van der Waals surface area contributed by atoms with Gasteiger partial charge in [0.05, 0.1) is 0 Å². The van der Waals surface area contributed by atoms with Gasteiger partial charge in [-0.25, -0.2) is 4.79 Å². The second kappa shape index (κ2) is 7.82. The number of unbranched alkanes of at least 4 members (excludes halogenated alkanes) is 1. The topological polar surface area (TPSA) is 38.3 Å². The standard InChI is InChI=1S/C16H25NO2/c1-16(2,3)11-7-8-12-17-15(18)19-13-14-9-5-4-6-10-14/h4-6,9-10H,7-8,11-13H2,1-3H3,(H,17,18). The van der Waals surface area contributed by atoms with Crippen LogP contribution in [0.2, 0.25) is 0 Å². The highest BCUT2D eigenvalue weighted by atomic mass is 16.5. The van der Waals surface area contributed by atoms with Crippen LogP contribution < -0.4 is 5.32 Å². The van der Waals surface area contributed by atoms with Crippen molar-refractivity contribution in [3.63, 3.8) is 0 Å². The van der Waals surface area contributed by atoms with Crippen molar-refractivity contribution in [2.24, 2.45) is 5.41 Å². The summed E-state index contributed by atoms with van der Waals surface area (Å²) in [6.07, 6.45) is 2.97. The van der Waals surface area contributed by atoms with Crippen molar-refractivity contribution in [3.05, 3.63) is 35.9 Å². The average molecular weight is 263 g/mol. The third kappa shape index (κ3) is 8.25. The van der Waals surface area contributed by atoms with Crippen molar-refractivity contribution in [3.8, 4) is 0 Å². The Kier molecular flexibility index (Phi) is 6.40. The lowest BCUT2D eigenvalue weighted by Crippen LogP contribution is -2.25. The third-order valence-electron chi connectivity index (χ3n) is 2.84. The van der Waals surface area contributed by atoms with E-state index in [0.717, 1.165) is 18.4 Å². The Hall–Kier alpha value is -1.51. The number of nitrogens with one attached hydrogen (secondary N) is 1. The first kappa shape index (κ1) is 15.5. The molecule has 19 heavy (non-hydrogen) atoms. The SMILES string of the molecule is CC(C)(C)CCCCNC(=O)OCc1ccccc1. The van der Waals surface area contributed by atoms with Crippen LogP contribution in [0.15, 0.2) is 30.3 Å². The summed E-state index contributed by atoms with van der Waals surface area (Å²) >= 11 is 0. The molecule has 0 radical (unpaired) electrons. The van der Waals surface area contributed by atoms with Crippen molar-refractivity contribution in [2.75, 3.05) is 6.54 Å². The molecule has 0 aliphatic carbocycles. The molecule has 0 saturated heterocycles. The largest absolute Gasteiger partial charge is 0.445 e. The van der Waals surface area contributed by atoms with Crippen LogP contribution in [0.5, 0.6) is 0 Å². The molecule has 1 amide bonds. The van der Waals surface area contributed by atoms with Gasteiger partial charge in [-0.15, -0.1) is 0 Å². The second-order valence-electron chi connectivity index (χ2n) is 6.01. The number of carbonyl (C=O) groups is 1. The Morgan fingerprint density at radius 1 is 1.16 bits per heavy atom. The molecular formula is C16H25NO2. The molecule has 0 aromatic heterocycles. The van der Waals surface area contributed by atoms with Gasteiger partial charge < -0.3 is 10.1 Å². The molecule has 1 rings (SSSR count). The van der Waals surface area contributed by atoms with E-state index in [-0.39, 0.29) is 6.09 Å². The second-order valence-corrected chi connectivity index (χ2v) is 6.01. The Bertz CT molecular complexity index is 368. The van der Waals surface area contributed by atoms with E-state index >= 15 is 0 Å². The third-order valence-corrected chi connectivity index (χ3v) is 2.84. The molecule has 1 aromatic rings. The predicted molar refractivity (Wildman–Crippen MR) is 77.9 cm³/mol. The summed E-state index contributed by atoms with van der Waals surface area (Å²) in [7, 11) is 0. The molecule has 0 fully saturated rings. The van der Waals surface area contributed by atoms with Gasteiger partial charge in [0.2, 0.25) is 0 Å². The van der Waals surface area contributed by atoms with Gasteiger partial charge in [0, 0.05) is 6.54 Å². The quantitative estimate of drug-likeness (QED) is 0.784. The minimum Gasteiger partial charge on any atom is -0.445 e. The highest BCUT2D eigenvalue weighted by Crippen LogP contribution is 2.21. The number of amides is 1. The molecule has 1 N–H and O–H groups in total. The van der Waals surface area contributed by atoms with Gasteiger partial charge in [-0.2, -0.15) is 0 Å². The molecule has 0 atom stereocenters. The number of benzene rings is 1. The van der Waals surface area contributed by atoms with Gasteiger partial charge in [-0.3, -0.25) is 0 Å². The van der Waals surface area contributed by atoms with Gasteiger partial charge in [0.25, 0.3) is 0 Å². The summed E-state index contributed by atoms with van der Waals surface area (Å²) in [5.74, 6) is 0. The van der Waals surface area contributed by atoms with Gasteiger partial charge in [-0.05, 0) is 23.8 Å². The Morgan fingerprint density at radius 2 is 1.84 bits per heavy atom. The van der Waals surface area contributed by atoms with Crippen LogP contribution in [0.25, 0.3) is 0 Å². The molecular weight excluding hydrogens is 238 g/mol. The first-order valence-corrected chi connectivity index (χ1v) is 6.92. The van der Waals surface area contributed by atoms with E-state index in [1.165, 1.54) is 6.42 Å². The highest BCUT2D eigenvalue weighted by Gasteiger charge is 2.09. The monoisotopic (exact) mass is 263 g/mol. The number of alkyl carbamates (subject to hydrolysis) is 1. The maximum atomic E-state index is 11.4. The molecule has 106 valence electrons. The molecule has 1 aromatic carbocycles. The summed E-state index contributed by atoms with van der Waals surface area (Å²) in [5.41, 5.74) is 1.37. The highest BCUT2D eigenvalue weighted by molar-refractivity contribution is 5.67. The van der Waals surface area contributed by atoms with Crippen LogP contribution in [-0.2, 0) is 11.3 Å². The van der Waals surface area contributed by atoms with Gasteiger partial charge >= 0.3 is 6.09 Å². The average Bonchev–Trinajstić information content (AvgIpc) is 2.36. The Morgan fingerprint density at radius 3 is 2.47 bits per heavy atom. The van der Waals surface area contributed by atoms with Crippen LogP contribution in [0, 0.1) is 5.41 Å². The fourth-order valence-electron chi connectivity index (χ4n) is 1.74. The number of hydrogen-bond donors (Lipinski definition) is 1. The first-order valence-electron chi connectivity index (χ1n) is 6.92. The summed E-state index contributed by atoms with van der Waals surface area (Å²) < 4.78 is 5.13. The number of hydrogen-bond acceptors (Lipinski definition) is 2. The molecule has 0 spiro atoms. The zero-order valence-electron chi connectivity index (χ0n) is 12.2. The van der Waals surface area contributed by atoms with E-state index in [1.54, 1.807) is 0 Å². The molecule has 0 aliphatic heterocycles. The van der Waals surface area contributed by atoms with E-state index in [9.17, 15) is 4.79 Å². The molecule has 0 saturated carbocycles. The normalized spacial score (nSPS) is 11.1. The van der Waals surface area contributed by atoms with Crippen molar-refractivity contribution < 1.29 is 9.53 Å². The van der Waals surface area contributed by atoms with E-state index < -0.39 is 0 Å². The number of ether oxygens (including phenoxy) is 1. The number of carbonyl (C=O) groups excluding carboxylic acids is 1. The summed E-state index contributed by atoms with van der Waals surface area (Å²) in [4.78, 5) is 11.4. The lowest BCUT2D eigenvalue weighted by Gasteiger charge is -2.17. The first-order chi connectivity index (χ1) is 8.97. The van der Waals surface area contributed by atoms with Crippen LogP contribution >= 0.6 is 0 Å². The maximum Gasteiger partial charge on any atom is 0.407 e. The van der Waals surface area contributed by atoms with Gasteiger partial charge in [0.15, 0.2) is 0 Å². The van der Waals surface area contributed by atoms with Crippen molar-refractivity contribution in [2.45, 2.75) is 46.6 Å². The fraction of sp³-hybridized carbons (Fsp3) is 0.562. The fourth-order valence-corrected chi connectivity index (χ4v) is 1.74. The van der Waals surface area contributed by atoms with E-state index in [4.69, 9.17) is 4.74 Å². The van der Waals surface area contributed by atoms with Crippen LogP contribution in [-0.4, -0.2) is 12.6 Å². The minimum atomic E-state index is -0.334. The van der Waals surface area contributed by atoms with Gasteiger partial charge in [0.1, 0.15) is 6.61 Å². The summed E-state index contributed by atoms with van der Waals surface area (Å²) in [6, 6.07) is 9.69. The van der Waals surface area contributed by atoms with E-state index in [0.29, 0.717) is 18.6 Å². The molecule has 3 heteroatoms. The maximum absolute atomic E-state index is 11.4. The lowest BCUT2D eigenvalue weighted by molar-refractivity contribution is 0.139. The van der Waals surface area contributed by atoms with Crippen LogP contribution in [0.1, 0.15) is 45.6 Å². The van der Waals surface area contributed by atoms with Crippen molar-refractivity contribution in [1.29, 1.82) is 0 Å². The summed E-state index contributed by atoms with van der Waals surface area (Å²) in [5, 5.41) is 2.78. The van der Waals surface area contributed by atoms with Crippen molar-refractivity contribution >= 4 is 6.09 Å². The Balaban J connectivity index is 2.06. The lowest BCUT2D eigenvalue weighted by atomic mass is 9.90.